The number of H-pyrrole nitrogens is 1. The van der Waals surface area contributed by atoms with E-state index >= 15 is 0 Å². The number of carbonyl (C=O) groups excluding carboxylic acids is 1. The number of aliphatic carboxylic acids is 1. The molecule has 2 N–H and O–H groups in total. The van der Waals surface area contributed by atoms with Crippen molar-refractivity contribution in [2.45, 2.75) is 20.3 Å². The van der Waals surface area contributed by atoms with Crippen molar-refractivity contribution in [3.05, 3.63) is 30.0 Å². The van der Waals surface area contributed by atoms with Gasteiger partial charge in [0.05, 0.1) is 11.4 Å². The van der Waals surface area contributed by atoms with Gasteiger partial charge in [0.1, 0.15) is 0 Å². The Hall–Kier alpha value is -2.41. The van der Waals surface area contributed by atoms with E-state index in [-0.39, 0.29) is 12.5 Å². The molecule has 1 unspecified atom stereocenters. The van der Waals surface area contributed by atoms with Crippen molar-refractivity contribution in [2.24, 2.45) is 5.92 Å². The molecule has 130 valence electrons. The van der Waals surface area contributed by atoms with Crippen LogP contribution in [-0.2, 0) is 9.53 Å². The zero-order valence-electron chi connectivity index (χ0n) is 14.0. The molecule has 1 atom stereocenters. The van der Waals surface area contributed by atoms with E-state index in [1.807, 2.05) is 31.2 Å². The van der Waals surface area contributed by atoms with Gasteiger partial charge in [0.25, 0.3) is 5.91 Å². The number of rotatable bonds is 9. The topological polar surface area (TPSA) is 95.5 Å². The Balaban J connectivity index is 2.17. The second kappa shape index (κ2) is 8.44. The molecule has 0 fully saturated rings. The first-order chi connectivity index (χ1) is 11.5. The quantitative estimate of drug-likeness (QED) is 0.686. The average molecular weight is 333 g/mol. The summed E-state index contributed by atoms with van der Waals surface area (Å²) in [4.78, 5) is 25.5. The number of para-hydroxylation sites is 1. The van der Waals surface area contributed by atoms with Gasteiger partial charge in [-0.3, -0.25) is 14.7 Å². The maximum Gasteiger partial charge on any atom is 0.308 e. The number of carboxylic acid groups (broad SMARTS) is 1. The molecule has 0 aliphatic rings. The van der Waals surface area contributed by atoms with E-state index < -0.39 is 11.9 Å². The molecule has 0 aliphatic carbocycles. The Morgan fingerprint density at radius 1 is 1.38 bits per heavy atom. The summed E-state index contributed by atoms with van der Waals surface area (Å²) in [6.45, 7) is 5.21. The summed E-state index contributed by atoms with van der Waals surface area (Å²) in [5, 5.41) is 16.8. The first-order valence-corrected chi connectivity index (χ1v) is 8.07. The van der Waals surface area contributed by atoms with E-state index in [1.54, 1.807) is 11.8 Å². The number of aromatic nitrogens is 2. The van der Waals surface area contributed by atoms with Crippen LogP contribution >= 0.6 is 0 Å². The molecule has 24 heavy (non-hydrogen) atoms. The highest BCUT2D eigenvalue weighted by atomic mass is 16.5. The van der Waals surface area contributed by atoms with Gasteiger partial charge in [-0.1, -0.05) is 25.1 Å². The van der Waals surface area contributed by atoms with Crippen molar-refractivity contribution < 1.29 is 19.4 Å². The molecule has 1 heterocycles. The van der Waals surface area contributed by atoms with E-state index in [0.29, 0.717) is 31.9 Å². The molecular weight excluding hydrogens is 310 g/mol. The molecular formula is C17H23N3O4. The fourth-order valence-electron chi connectivity index (χ4n) is 2.46. The molecule has 0 saturated carbocycles. The molecule has 1 amide bonds. The number of carboxylic acids is 1. The minimum atomic E-state index is -0.926. The minimum absolute atomic E-state index is 0.140. The van der Waals surface area contributed by atoms with E-state index in [4.69, 9.17) is 9.84 Å². The third-order valence-corrected chi connectivity index (χ3v) is 3.80. The number of nitrogens with zero attached hydrogens (tertiary/aromatic N) is 2. The summed E-state index contributed by atoms with van der Waals surface area (Å²) in [5.74, 6) is -1.84. The highest BCUT2D eigenvalue weighted by Gasteiger charge is 2.24. The third-order valence-electron chi connectivity index (χ3n) is 3.80. The predicted molar refractivity (Wildman–Crippen MR) is 89.9 cm³/mol. The first kappa shape index (κ1) is 17.9. The van der Waals surface area contributed by atoms with Gasteiger partial charge in [-0.2, -0.15) is 5.10 Å². The number of amides is 1. The lowest BCUT2D eigenvalue weighted by molar-refractivity contribution is -0.141. The van der Waals surface area contributed by atoms with Gasteiger partial charge in [0.2, 0.25) is 0 Å². The molecule has 1 aromatic carbocycles. The molecule has 0 spiro atoms. The standard InChI is InChI=1S/C17H23N3O4/c1-3-24-10-6-9-20(11-12(2)17(22)23)16(21)15-13-7-4-5-8-14(13)18-19-15/h4-5,7-8,12H,3,6,9-11H2,1-2H3,(H,18,19)(H,22,23). The summed E-state index contributed by atoms with van der Waals surface area (Å²) in [6.07, 6.45) is 0.647. The van der Waals surface area contributed by atoms with Crippen LogP contribution in [0.25, 0.3) is 10.9 Å². The average Bonchev–Trinajstić information content (AvgIpc) is 3.00. The highest BCUT2D eigenvalue weighted by molar-refractivity contribution is 6.04. The van der Waals surface area contributed by atoms with Crippen molar-refractivity contribution in [2.75, 3.05) is 26.3 Å². The zero-order chi connectivity index (χ0) is 17.5. The summed E-state index contributed by atoms with van der Waals surface area (Å²) < 4.78 is 5.30. The second-order valence-electron chi connectivity index (χ2n) is 5.66. The van der Waals surface area contributed by atoms with E-state index in [2.05, 4.69) is 10.2 Å². The lowest BCUT2D eigenvalue weighted by Crippen LogP contribution is -2.38. The van der Waals surface area contributed by atoms with Crippen molar-refractivity contribution in [1.82, 2.24) is 15.1 Å². The van der Waals surface area contributed by atoms with Crippen molar-refractivity contribution in [3.63, 3.8) is 0 Å². The Morgan fingerprint density at radius 3 is 2.83 bits per heavy atom. The smallest absolute Gasteiger partial charge is 0.308 e. The van der Waals surface area contributed by atoms with Crippen molar-refractivity contribution in [3.8, 4) is 0 Å². The van der Waals surface area contributed by atoms with E-state index in [1.165, 1.54) is 0 Å². The van der Waals surface area contributed by atoms with Gasteiger partial charge >= 0.3 is 5.97 Å². The predicted octanol–water partition coefficient (Wildman–Crippen LogP) is 2.15. The Morgan fingerprint density at radius 2 is 2.12 bits per heavy atom. The third kappa shape index (κ3) is 4.32. The maximum absolute atomic E-state index is 12.9. The molecule has 0 bridgehead atoms. The van der Waals surface area contributed by atoms with Crippen LogP contribution in [-0.4, -0.2) is 58.4 Å². The maximum atomic E-state index is 12.9. The number of hydrogen-bond donors (Lipinski definition) is 2. The van der Waals surface area contributed by atoms with Crippen molar-refractivity contribution in [1.29, 1.82) is 0 Å². The molecule has 1 aromatic heterocycles. The van der Waals surface area contributed by atoms with Crippen LogP contribution in [0, 0.1) is 5.92 Å². The SMILES string of the molecule is CCOCCCN(CC(C)C(=O)O)C(=O)c1n[nH]c2ccccc12. The van der Waals surface area contributed by atoms with E-state index in [0.717, 1.165) is 10.9 Å². The Bertz CT molecular complexity index is 698. The second-order valence-corrected chi connectivity index (χ2v) is 5.66. The van der Waals surface area contributed by atoms with Crippen LogP contribution in [0.2, 0.25) is 0 Å². The minimum Gasteiger partial charge on any atom is -0.481 e. The van der Waals surface area contributed by atoms with Gasteiger partial charge in [-0.15, -0.1) is 0 Å². The Kier molecular flexibility index (Phi) is 6.31. The number of nitrogens with one attached hydrogen (secondary N) is 1. The summed E-state index contributed by atoms with van der Waals surface area (Å²) in [5.41, 5.74) is 1.10. The summed E-state index contributed by atoms with van der Waals surface area (Å²) in [7, 11) is 0. The van der Waals surface area contributed by atoms with Crippen LogP contribution in [0.3, 0.4) is 0 Å². The lowest BCUT2D eigenvalue weighted by atomic mass is 10.1. The van der Waals surface area contributed by atoms with Crippen LogP contribution in [0.15, 0.2) is 24.3 Å². The first-order valence-electron chi connectivity index (χ1n) is 8.07. The summed E-state index contributed by atoms with van der Waals surface area (Å²) in [6, 6.07) is 7.37. The van der Waals surface area contributed by atoms with Crippen molar-refractivity contribution >= 4 is 22.8 Å². The number of carbonyl (C=O) groups is 2. The molecule has 0 radical (unpaired) electrons. The van der Waals surface area contributed by atoms with Crippen LogP contribution in [0.5, 0.6) is 0 Å². The molecule has 0 aliphatic heterocycles. The normalized spacial score (nSPS) is 12.2. The van der Waals surface area contributed by atoms with E-state index in [9.17, 15) is 9.59 Å². The molecule has 2 aromatic rings. The molecule has 2 rings (SSSR count). The Labute approximate surface area is 140 Å². The zero-order valence-corrected chi connectivity index (χ0v) is 14.0. The number of benzene rings is 1. The number of fused-ring (bicyclic) bond motifs is 1. The molecule has 7 heteroatoms. The molecule has 7 nitrogen and oxygen atoms in total. The fourth-order valence-corrected chi connectivity index (χ4v) is 2.46. The fraction of sp³-hybridized carbons (Fsp3) is 0.471. The van der Waals surface area contributed by atoms with Gasteiger partial charge in [-0.25, -0.2) is 0 Å². The van der Waals surface area contributed by atoms with Gasteiger partial charge in [-0.05, 0) is 19.4 Å². The number of ether oxygens (including phenoxy) is 1. The monoisotopic (exact) mass is 333 g/mol. The number of hydrogen-bond acceptors (Lipinski definition) is 4. The van der Waals surface area contributed by atoms with Crippen LogP contribution in [0.4, 0.5) is 0 Å². The number of aromatic amines is 1. The van der Waals surface area contributed by atoms with Gasteiger partial charge in [0.15, 0.2) is 5.69 Å². The highest BCUT2D eigenvalue weighted by Crippen LogP contribution is 2.17. The van der Waals surface area contributed by atoms with Crippen LogP contribution < -0.4 is 0 Å². The van der Waals surface area contributed by atoms with Gasteiger partial charge in [0, 0.05) is 31.7 Å². The lowest BCUT2D eigenvalue weighted by Gasteiger charge is -2.24. The summed E-state index contributed by atoms with van der Waals surface area (Å²) >= 11 is 0. The van der Waals surface area contributed by atoms with Gasteiger partial charge < -0.3 is 14.7 Å². The van der Waals surface area contributed by atoms with Crippen LogP contribution in [0.1, 0.15) is 30.8 Å². The largest absolute Gasteiger partial charge is 0.481 e. The molecule has 0 saturated heterocycles.